The predicted octanol–water partition coefficient (Wildman–Crippen LogP) is 3.60. The predicted molar refractivity (Wildman–Crippen MR) is 77.4 cm³/mol. The quantitative estimate of drug-likeness (QED) is 0.906. The van der Waals surface area contributed by atoms with E-state index in [1.165, 1.54) is 12.1 Å². The fourth-order valence-corrected chi connectivity index (χ4v) is 1.93. The zero-order valence-corrected chi connectivity index (χ0v) is 11.8. The first-order valence-corrected chi connectivity index (χ1v) is 6.73. The van der Waals surface area contributed by atoms with E-state index < -0.39 is 0 Å². The van der Waals surface area contributed by atoms with Crippen LogP contribution in [0.15, 0.2) is 36.5 Å². The van der Waals surface area contributed by atoms with Crippen molar-refractivity contribution in [3.05, 3.63) is 53.6 Å². The molecule has 0 saturated carbocycles. The highest BCUT2D eigenvalue weighted by Gasteiger charge is 2.11. The summed E-state index contributed by atoms with van der Waals surface area (Å²) in [5, 5.41) is 0. The van der Waals surface area contributed by atoms with E-state index in [4.69, 9.17) is 10.5 Å². The van der Waals surface area contributed by atoms with Crippen molar-refractivity contribution in [2.24, 2.45) is 5.73 Å². The van der Waals surface area contributed by atoms with Gasteiger partial charge in [-0.1, -0.05) is 6.92 Å². The van der Waals surface area contributed by atoms with Gasteiger partial charge in [0.05, 0.1) is 5.69 Å². The van der Waals surface area contributed by atoms with Crippen molar-refractivity contribution in [1.29, 1.82) is 0 Å². The van der Waals surface area contributed by atoms with Gasteiger partial charge in [-0.25, -0.2) is 4.39 Å². The molecule has 0 fully saturated rings. The highest BCUT2D eigenvalue weighted by atomic mass is 19.1. The zero-order valence-electron chi connectivity index (χ0n) is 11.8. The summed E-state index contributed by atoms with van der Waals surface area (Å²) in [5.41, 5.74) is 7.53. The van der Waals surface area contributed by atoms with Gasteiger partial charge in [0, 0.05) is 12.2 Å². The molecule has 2 rings (SSSR count). The van der Waals surface area contributed by atoms with Gasteiger partial charge in [0.25, 0.3) is 0 Å². The van der Waals surface area contributed by atoms with E-state index in [1.807, 2.05) is 26.0 Å². The lowest BCUT2D eigenvalue weighted by Crippen LogP contribution is -2.21. The second-order valence-electron chi connectivity index (χ2n) is 4.81. The van der Waals surface area contributed by atoms with Crippen LogP contribution in [0.25, 0.3) is 0 Å². The summed E-state index contributed by atoms with van der Waals surface area (Å²) in [6, 6.07) is 8.16. The first kappa shape index (κ1) is 14.5. The van der Waals surface area contributed by atoms with Crippen molar-refractivity contribution in [2.75, 3.05) is 0 Å². The highest BCUT2D eigenvalue weighted by Crippen LogP contribution is 2.28. The van der Waals surface area contributed by atoms with Crippen molar-refractivity contribution in [3.8, 4) is 11.5 Å². The van der Waals surface area contributed by atoms with Gasteiger partial charge in [-0.2, -0.15) is 0 Å². The Morgan fingerprint density at radius 3 is 2.80 bits per heavy atom. The number of hydrogen-bond donors (Lipinski definition) is 1. The SMILES string of the molecule is CCC(N)Cc1cc(F)ccc1Oc1cccnc1C. The third-order valence-corrected chi connectivity index (χ3v) is 3.21. The van der Waals surface area contributed by atoms with Crippen LogP contribution >= 0.6 is 0 Å². The molecule has 0 spiro atoms. The van der Waals surface area contributed by atoms with E-state index in [2.05, 4.69) is 4.98 Å². The number of aryl methyl sites for hydroxylation is 1. The van der Waals surface area contributed by atoms with Crippen LogP contribution in [0.1, 0.15) is 24.6 Å². The molecular weight excluding hydrogens is 255 g/mol. The average Bonchev–Trinajstić information content (AvgIpc) is 2.44. The lowest BCUT2D eigenvalue weighted by Gasteiger charge is -2.15. The summed E-state index contributed by atoms with van der Waals surface area (Å²) in [7, 11) is 0. The van der Waals surface area contributed by atoms with E-state index in [9.17, 15) is 4.39 Å². The van der Waals surface area contributed by atoms with Crippen LogP contribution < -0.4 is 10.5 Å². The molecule has 1 atom stereocenters. The number of halogens is 1. The number of rotatable bonds is 5. The maximum absolute atomic E-state index is 13.4. The summed E-state index contributed by atoms with van der Waals surface area (Å²) in [4.78, 5) is 4.18. The molecule has 0 radical (unpaired) electrons. The molecule has 3 nitrogen and oxygen atoms in total. The molecule has 0 amide bonds. The zero-order chi connectivity index (χ0) is 14.5. The van der Waals surface area contributed by atoms with Crippen LogP contribution in [0.3, 0.4) is 0 Å². The van der Waals surface area contributed by atoms with E-state index in [0.29, 0.717) is 17.9 Å². The Balaban J connectivity index is 2.29. The fraction of sp³-hybridized carbons (Fsp3) is 0.312. The van der Waals surface area contributed by atoms with Crippen LogP contribution in [0.2, 0.25) is 0 Å². The molecule has 20 heavy (non-hydrogen) atoms. The summed E-state index contributed by atoms with van der Waals surface area (Å²) < 4.78 is 19.3. The van der Waals surface area contributed by atoms with Gasteiger partial charge >= 0.3 is 0 Å². The smallest absolute Gasteiger partial charge is 0.148 e. The molecule has 0 bridgehead atoms. The number of benzene rings is 1. The van der Waals surface area contributed by atoms with Crippen LogP contribution in [0.5, 0.6) is 11.5 Å². The second kappa shape index (κ2) is 6.48. The van der Waals surface area contributed by atoms with Gasteiger partial charge in [0.1, 0.15) is 17.3 Å². The minimum absolute atomic E-state index is 0.00542. The number of aromatic nitrogens is 1. The third-order valence-electron chi connectivity index (χ3n) is 3.21. The fourth-order valence-electron chi connectivity index (χ4n) is 1.93. The van der Waals surface area contributed by atoms with Gasteiger partial charge in [-0.3, -0.25) is 4.98 Å². The Kier molecular flexibility index (Phi) is 4.69. The Morgan fingerprint density at radius 1 is 1.30 bits per heavy atom. The largest absolute Gasteiger partial charge is 0.455 e. The summed E-state index contributed by atoms with van der Waals surface area (Å²) in [6.45, 7) is 3.88. The first-order chi connectivity index (χ1) is 9.60. The minimum Gasteiger partial charge on any atom is -0.455 e. The van der Waals surface area contributed by atoms with Crippen LogP contribution in [-0.2, 0) is 6.42 Å². The molecule has 0 aliphatic carbocycles. The van der Waals surface area contributed by atoms with Crippen LogP contribution in [-0.4, -0.2) is 11.0 Å². The Bertz CT molecular complexity index is 586. The van der Waals surface area contributed by atoms with Gasteiger partial charge < -0.3 is 10.5 Å². The monoisotopic (exact) mass is 274 g/mol. The van der Waals surface area contributed by atoms with Crippen molar-refractivity contribution >= 4 is 0 Å². The van der Waals surface area contributed by atoms with Gasteiger partial charge in [0.15, 0.2) is 0 Å². The lowest BCUT2D eigenvalue weighted by molar-refractivity contribution is 0.463. The standard InChI is InChI=1S/C16H19FN2O/c1-3-14(18)10-12-9-13(17)6-7-16(12)20-15-5-4-8-19-11(15)2/h4-9,14H,3,10,18H2,1-2H3. The molecular formula is C16H19FN2O. The molecule has 2 N–H and O–H groups in total. The number of ether oxygens (including phenoxy) is 1. The number of nitrogens with two attached hydrogens (primary N) is 1. The van der Waals surface area contributed by atoms with Crippen molar-refractivity contribution < 1.29 is 9.13 Å². The van der Waals surface area contributed by atoms with E-state index in [1.54, 1.807) is 12.3 Å². The van der Waals surface area contributed by atoms with Crippen molar-refractivity contribution in [2.45, 2.75) is 32.7 Å². The van der Waals surface area contributed by atoms with E-state index in [0.717, 1.165) is 17.7 Å². The summed E-state index contributed by atoms with van der Waals surface area (Å²) in [6.07, 6.45) is 3.13. The van der Waals surface area contributed by atoms with Gasteiger partial charge in [-0.05, 0) is 55.7 Å². The molecule has 106 valence electrons. The summed E-state index contributed by atoms with van der Waals surface area (Å²) in [5.74, 6) is 1.02. The topological polar surface area (TPSA) is 48.1 Å². The third kappa shape index (κ3) is 3.54. The average molecular weight is 274 g/mol. The minimum atomic E-state index is -0.279. The first-order valence-electron chi connectivity index (χ1n) is 6.73. The number of nitrogens with zero attached hydrogens (tertiary/aromatic N) is 1. The molecule has 0 aliphatic heterocycles. The lowest BCUT2D eigenvalue weighted by atomic mass is 10.0. The highest BCUT2D eigenvalue weighted by molar-refractivity contribution is 5.39. The van der Waals surface area contributed by atoms with Crippen LogP contribution in [0, 0.1) is 12.7 Å². The van der Waals surface area contributed by atoms with Gasteiger partial charge in [0.2, 0.25) is 0 Å². The second-order valence-corrected chi connectivity index (χ2v) is 4.81. The van der Waals surface area contributed by atoms with Gasteiger partial charge in [-0.15, -0.1) is 0 Å². The molecule has 1 heterocycles. The van der Waals surface area contributed by atoms with E-state index >= 15 is 0 Å². The van der Waals surface area contributed by atoms with Crippen molar-refractivity contribution in [3.63, 3.8) is 0 Å². The van der Waals surface area contributed by atoms with Crippen LogP contribution in [0.4, 0.5) is 4.39 Å². The summed E-state index contributed by atoms with van der Waals surface area (Å²) >= 11 is 0. The molecule has 1 unspecified atom stereocenters. The number of pyridine rings is 1. The normalized spacial score (nSPS) is 12.2. The molecule has 4 heteroatoms. The maximum atomic E-state index is 13.4. The Morgan fingerprint density at radius 2 is 2.10 bits per heavy atom. The molecule has 1 aromatic carbocycles. The van der Waals surface area contributed by atoms with E-state index in [-0.39, 0.29) is 11.9 Å². The van der Waals surface area contributed by atoms with Crippen molar-refractivity contribution in [1.82, 2.24) is 4.98 Å². The Hall–Kier alpha value is -1.94. The maximum Gasteiger partial charge on any atom is 0.148 e. The molecule has 0 saturated heterocycles. The number of hydrogen-bond acceptors (Lipinski definition) is 3. The molecule has 1 aromatic heterocycles. The molecule has 2 aromatic rings. The Labute approximate surface area is 118 Å². The molecule has 0 aliphatic rings.